The van der Waals surface area contributed by atoms with Crippen LogP contribution in [0.4, 0.5) is 23.7 Å². The van der Waals surface area contributed by atoms with E-state index in [0.717, 1.165) is 41.3 Å². The summed E-state index contributed by atoms with van der Waals surface area (Å²) in [5, 5.41) is 2.92. The first-order chi connectivity index (χ1) is 17.3. The van der Waals surface area contributed by atoms with Gasteiger partial charge in [0.1, 0.15) is 10.6 Å². The Bertz CT molecular complexity index is 1360. The Morgan fingerprint density at radius 2 is 1.68 bits per heavy atom. The second-order valence-electron chi connectivity index (χ2n) is 8.82. The molecule has 1 atom stereocenters. The van der Waals surface area contributed by atoms with E-state index in [-0.39, 0.29) is 24.4 Å². The monoisotopic (exact) mass is 534 g/mol. The minimum Gasteiger partial charge on any atom is -0.379 e. The molecule has 37 heavy (non-hydrogen) atoms. The first-order valence-electron chi connectivity index (χ1n) is 11.7. The van der Waals surface area contributed by atoms with Crippen LogP contribution in [-0.4, -0.2) is 25.4 Å². The minimum atomic E-state index is -4.68. The van der Waals surface area contributed by atoms with Crippen LogP contribution in [0.1, 0.15) is 42.5 Å². The number of anilines is 1. The summed E-state index contributed by atoms with van der Waals surface area (Å²) in [6.07, 6.45) is -3.96. The third-order valence-corrected chi connectivity index (χ3v) is 7.32. The van der Waals surface area contributed by atoms with E-state index < -0.39 is 26.8 Å². The van der Waals surface area contributed by atoms with Crippen molar-refractivity contribution in [1.29, 1.82) is 0 Å². The Morgan fingerprint density at radius 3 is 2.27 bits per heavy atom. The van der Waals surface area contributed by atoms with Crippen molar-refractivity contribution in [2.24, 2.45) is 0 Å². The van der Waals surface area contributed by atoms with Crippen LogP contribution >= 0.6 is 0 Å². The van der Waals surface area contributed by atoms with E-state index in [9.17, 15) is 26.4 Å². The van der Waals surface area contributed by atoms with Gasteiger partial charge in [-0.2, -0.15) is 21.6 Å². The fourth-order valence-electron chi connectivity index (χ4n) is 3.51. The van der Waals surface area contributed by atoms with Gasteiger partial charge in [0.25, 0.3) is 0 Å². The number of aryl methyl sites for hydroxylation is 2. The van der Waals surface area contributed by atoms with Crippen molar-refractivity contribution in [2.75, 3.05) is 5.32 Å². The summed E-state index contributed by atoms with van der Waals surface area (Å²) in [5.74, 6) is -0.0594. The predicted octanol–water partition coefficient (Wildman–Crippen LogP) is 6.92. The Kier molecular flexibility index (Phi) is 8.53. The fourth-order valence-corrected chi connectivity index (χ4v) is 4.49. The zero-order valence-electron chi connectivity index (χ0n) is 21.0. The van der Waals surface area contributed by atoms with E-state index >= 15 is 0 Å². The lowest BCUT2D eigenvalue weighted by molar-refractivity contribution is -0.137. The number of amides is 2. The van der Waals surface area contributed by atoms with Crippen LogP contribution in [0.5, 0.6) is 5.75 Å². The molecule has 0 radical (unpaired) electrons. The van der Waals surface area contributed by atoms with E-state index in [4.69, 9.17) is 4.18 Å². The lowest BCUT2D eigenvalue weighted by Gasteiger charge is -2.29. The average Bonchev–Trinajstić information content (AvgIpc) is 2.84. The number of benzene rings is 3. The molecule has 3 aromatic rings. The molecule has 0 spiro atoms. The lowest BCUT2D eigenvalue weighted by Crippen LogP contribution is -2.40. The van der Waals surface area contributed by atoms with Gasteiger partial charge in [0.05, 0.1) is 5.56 Å². The summed E-state index contributed by atoms with van der Waals surface area (Å²) in [5.41, 5.74) is 2.50. The van der Waals surface area contributed by atoms with Gasteiger partial charge in [-0.1, -0.05) is 31.2 Å². The van der Waals surface area contributed by atoms with Gasteiger partial charge in [0.2, 0.25) is 0 Å². The van der Waals surface area contributed by atoms with Crippen molar-refractivity contribution in [1.82, 2.24) is 4.90 Å². The highest BCUT2D eigenvalue weighted by atomic mass is 32.2. The van der Waals surface area contributed by atoms with E-state index in [2.05, 4.69) is 5.32 Å². The van der Waals surface area contributed by atoms with Crippen LogP contribution in [0.2, 0.25) is 0 Å². The highest BCUT2D eigenvalue weighted by Crippen LogP contribution is 2.31. The fraction of sp³-hybridized carbons (Fsp3) is 0.296. The molecule has 3 aromatic carbocycles. The van der Waals surface area contributed by atoms with Crippen LogP contribution in [0, 0.1) is 13.8 Å². The number of carbonyl (C=O) groups is 1. The van der Waals surface area contributed by atoms with Gasteiger partial charge in [-0.25, -0.2) is 4.79 Å². The number of urea groups is 1. The number of carbonyl (C=O) groups excluding carboxylic acids is 1. The summed E-state index contributed by atoms with van der Waals surface area (Å²) in [6.45, 7) is 8.11. The predicted molar refractivity (Wildman–Crippen MR) is 136 cm³/mol. The standard InChI is InChI=1S/C27H29F3N2O4S/c1-5-20(4)32(26(33)31-23-12-9-18(2)19(3)15-23)17-21-10-13-24(14-11-21)36-37(34,35)25-8-6-7-22(16-25)27(28,29)30/h6-16,20H,5,17H2,1-4H3,(H,31,33). The van der Waals surface area contributed by atoms with Crippen LogP contribution < -0.4 is 9.50 Å². The van der Waals surface area contributed by atoms with Crippen molar-refractivity contribution in [2.45, 2.75) is 57.8 Å². The number of hydrogen-bond acceptors (Lipinski definition) is 4. The molecule has 0 fully saturated rings. The zero-order chi connectivity index (χ0) is 27.4. The Hall–Kier alpha value is -3.53. The van der Waals surface area contributed by atoms with Crippen molar-refractivity contribution >= 4 is 21.8 Å². The average molecular weight is 535 g/mol. The first-order valence-corrected chi connectivity index (χ1v) is 13.1. The van der Waals surface area contributed by atoms with Gasteiger partial charge in [-0.05, 0) is 86.3 Å². The molecule has 0 aliphatic rings. The van der Waals surface area contributed by atoms with Gasteiger partial charge >= 0.3 is 22.3 Å². The third kappa shape index (κ3) is 7.25. The van der Waals surface area contributed by atoms with Gasteiger partial charge < -0.3 is 14.4 Å². The number of nitrogens with one attached hydrogen (secondary N) is 1. The molecule has 0 aliphatic heterocycles. The Labute approximate surface area is 215 Å². The second kappa shape index (κ2) is 11.2. The minimum absolute atomic E-state index is 0.0594. The quantitative estimate of drug-likeness (QED) is 0.318. The summed E-state index contributed by atoms with van der Waals surface area (Å²) >= 11 is 0. The number of hydrogen-bond donors (Lipinski definition) is 1. The van der Waals surface area contributed by atoms with Crippen LogP contribution in [0.25, 0.3) is 0 Å². The van der Waals surface area contributed by atoms with Crippen molar-refractivity contribution in [3.05, 3.63) is 89.0 Å². The Morgan fingerprint density at radius 1 is 1.00 bits per heavy atom. The highest BCUT2D eigenvalue weighted by Gasteiger charge is 2.32. The third-order valence-electron chi connectivity index (χ3n) is 6.07. The topological polar surface area (TPSA) is 75.7 Å². The second-order valence-corrected chi connectivity index (χ2v) is 10.4. The van der Waals surface area contributed by atoms with E-state index in [0.29, 0.717) is 11.8 Å². The SMILES string of the molecule is CCC(C)N(Cc1ccc(OS(=O)(=O)c2cccc(C(F)(F)F)c2)cc1)C(=O)Nc1ccc(C)c(C)c1. The van der Waals surface area contributed by atoms with Gasteiger partial charge in [0.15, 0.2) is 0 Å². The molecule has 3 rings (SSSR count). The maximum atomic E-state index is 13.1. The zero-order valence-corrected chi connectivity index (χ0v) is 21.8. The summed E-state index contributed by atoms with van der Waals surface area (Å²) in [6, 6.07) is 14.7. The molecule has 2 amide bonds. The van der Waals surface area contributed by atoms with Gasteiger partial charge in [0, 0.05) is 18.3 Å². The van der Waals surface area contributed by atoms with Gasteiger partial charge in [-0.3, -0.25) is 0 Å². The molecule has 0 heterocycles. The van der Waals surface area contributed by atoms with Gasteiger partial charge in [-0.15, -0.1) is 0 Å². The Balaban J connectivity index is 1.73. The first kappa shape index (κ1) is 28.0. The molecule has 1 N–H and O–H groups in total. The van der Waals surface area contributed by atoms with Crippen molar-refractivity contribution in [3.8, 4) is 5.75 Å². The molecular formula is C27H29F3N2O4S. The maximum Gasteiger partial charge on any atom is 0.416 e. The van der Waals surface area contributed by atoms with Crippen molar-refractivity contribution in [3.63, 3.8) is 0 Å². The summed E-state index contributed by atoms with van der Waals surface area (Å²) in [4.78, 5) is 14.1. The number of rotatable bonds is 8. The number of alkyl halides is 3. The van der Waals surface area contributed by atoms with E-state index in [1.807, 2.05) is 45.9 Å². The molecule has 0 saturated heterocycles. The molecule has 1 unspecified atom stereocenters. The van der Waals surface area contributed by atoms with Crippen LogP contribution in [0.15, 0.2) is 71.6 Å². The highest BCUT2D eigenvalue weighted by molar-refractivity contribution is 7.87. The molecule has 0 bridgehead atoms. The maximum absolute atomic E-state index is 13.1. The number of nitrogens with zero attached hydrogens (tertiary/aromatic N) is 1. The normalized spacial score (nSPS) is 12.6. The van der Waals surface area contributed by atoms with Crippen LogP contribution in [0.3, 0.4) is 0 Å². The van der Waals surface area contributed by atoms with E-state index in [1.54, 1.807) is 17.0 Å². The molecule has 6 nitrogen and oxygen atoms in total. The molecule has 0 aliphatic carbocycles. The molecule has 198 valence electrons. The van der Waals surface area contributed by atoms with Crippen molar-refractivity contribution < 1.29 is 30.6 Å². The molecule has 0 saturated carbocycles. The summed E-state index contributed by atoms with van der Waals surface area (Å²) in [7, 11) is -4.48. The molecular weight excluding hydrogens is 505 g/mol. The summed E-state index contributed by atoms with van der Waals surface area (Å²) < 4.78 is 69.0. The van der Waals surface area contributed by atoms with Crippen LogP contribution in [-0.2, 0) is 22.8 Å². The largest absolute Gasteiger partial charge is 0.416 e. The molecule has 0 aromatic heterocycles. The lowest BCUT2D eigenvalue weighted by atomic mass is 10.1. The van der Waals surface area contributed by atoms with E-state index in [1.165, 1.54) is 12.1 Å². The number of halogens is 3. The molecule has 10 heteroatoms. The smallest absolute Gasteiger partial charge is 0.379 e.